The maximum Gasteiger partial charge on any atom is 0.125 e. The normalized spacial score (nSPS) is 19.6. The predicted octanol–water partition coefficient (Wildman–Crippen LogP) is 3.53. The first-order chi connectivity index (χ1) is 9.78. The molecule has 1 fully saturated rings. The van der Waals surface area contributed by atoms with Gasteiger partial charge in [0, 0.05) is 18.9 Å². The molecule has 3 rings (SSSR count). The Labute approximate surface area is 122 Å². The molecule has 2 aromatic rings. The van der Waals surface area contributed by atoms with Gasteiger partial charge in [-0.1, -0.05) is 0 Å². The molecule has 0 amide bonds. The molecule has 1 aliphatic heterocycles. The van der Waals surface area contributed by atoms with Crippen LogP contribution in [-0.2, 0) is 17.7 Å². The summed E-state index contributed by atoms with van der Waals surface area (Å²) in [4.78, 5) is 4.57. The summed E-state index contributed by atoms with van der Waals surface area (Å²) in [6.07, 6.45) is 4.25. The number of halogens is 2. The number of nitrogens with zero attached hydrogens (tertiary/aromatic N) is 2. The highest BCUT2D eigenvalue weighted by atomic mass is 35.5. The van der Waals surface area contributed by atoms with Gasteiger partial charge in [0.15, 0.2) is 0 Å². The van der Waals surface area contributed by atoms with E-state index in [2.05, 4.69) is 9.55 Å². The van der Waals surface area contributed by atoms with Gasteiger partial charge in [-0.15, -0.1) is 11.6 Å². The zero-order chi connectivity index (χ0) is 13.9. The van der Waals surface area contributed by atoms with Crippen molar-refractivity contribution in [2.24, 2.45) is 0 Å². The van der Waals surface area contributed by atoms with E-state index in [-0.39, 0.29) is 11.9 Å². The molecule has 1 atom stereocenters. The van der Waals surface area contributed by atoms with E-state index in [0.717, 1.165) is 42.9 Å². The highest BCUT2D eigenvalue weighted by Gasteiger charge is 2.18. The molecule has 2 heterocycles. The monoisotopic (exact) mass is 296 g/mol. The van der Waals surface area contributed by atoms with Crippen molar-refractivity contribution in [1.82, 2.24) is 9.55 Å². The summed E-state index contributed by atoms with van der Waals surface area (Å²) in [6.45, 7) is 1.54. The second kappa shape index (κ2) is 6.10. The molecular weight excluding hydrogens is 279 g/mol. The van der Waals surface area contributed by atoms with Gasteiger partial charge in [0.1, 0.15) is 11.6 Å². The molecule has 1 saturated heterocycles. The lowest BCUT2D eigenvalue weighted by Gasteiger charge is -2.24. The van der Waals surface area contributed by atoms with Gasteiger partial charge in [0.05, 0.1) is 23.7 Å². The molecule has 0 bridgehead atoms. The van der Waals surface area contributed by atoms with Crippen molar-refractivity contribution in [3.63, 3.8) is 0 Å². The molecule has 1 unspecified atom stereocenters. The molecular formula is C15H18ClFN2O. The minimum atomic E-state index is -0.236. The van der Waals surface area contributed by atoms with Crippen LogP contribution in [0, 0.1) is 5.82 Å². The van der Waals surface area contributed by atoms with Crippen molar-refractivity contribution in [2.75, 3.05) is 12.5 Å². The van der Waals surface area contributed by atoms with Gasteiger partial charge in [-0.25, -0.2) is 9.37 Å². The van der Waals surface area contributed by atoms with E-state index >= 15 is 0 Å². The number of hydrogen-bond donors (Lipinski definition) is 0. The van der Waals surface area contributed by atoms with Crippen LogP contribution < -0.4 is 0 Å². The van der Waals surface area contributed by atoms with Crippen LogP contribution in [0.1, 0.15) is 25.1 Å². The van der Waals surface area contributed by atoms with Gasteiger partial charge >= 0.3 is 0 Å². The molecule has 1 aromatic carbocycles. The lowest BCUT2D eigenvalue weighted by atomic mass is 10.1. The van der Waals surface area contributed by atoms with Crippen molar-refractivity contribution in [2.45, 2.75) is 38.3 Å². The quantitative estimate of drug-likeness (QED) is 0.807. The summed E-state index contributed by atoms with van der Waals surface area (Å²) in [5, 5.41) is 0. The Morgan fingerprint density at radius 1 is 1.40 bits per heavy atom. The number of benzene rings is 1. The van der Waals surface area contributed by atoms with Crippen LogP contribution in [0.15, 0.2) is 18.2 Å². The second-order valence-corrected chi connectivity index (χ2v) is 5.58. The van der Waals surface area contributed by atoms with Crippen molar-refractivity contribution in [3.05, 3.63) is 29.8 Å². The Bertz CT molecular complexity index is 593. The van der Waals surface area contributed by atoms with Crippen molar-refractivity contribution in [3.8, 4) is 0 Å². The highest BCUT2D eigenvalue weighted by Crippen LogP contribution is 2.22. The number of aryl methyl sites for hydroxylation is 1. The fourth-order valence-electron chi connectivity index (χ4n) is 2.78. The van der Waals surface area contributed by atoms with Crippen LogP contribution in [0.25, 0.3) is 11.0 Å². The third kappa shape index (κ3) is 2.81. The summed E-state index contributed by atoms with van der Waals surface area (Å²) in [6, 6.07) is 4.71. The number of rotatable bonds is 4. The third-order valence-electron chi connectivity index (χ3n) is 3.77. The standard InChI is InChI=1S/C15H18ClFN2O/c16-7-6-15-18-13-5-4-11(17)9-14(13)19(15)10-12-3-1-2-8-20-12/h4-5,9,12H,1-3,6-8,10H2. The molecule has 0 saturated carbocycles. The van der Waals surface area contributed by atoms with Gasteiger partial charge in [0.2, 0.25) is 0 Å². The molecule has 5 heteroatoms. The van der Waals surface area contributed by atoms with Crippen LogP contribution in [0.3, 0.4) is 0 Å². The summed E-state index contributed by atoms with van der Waals surface area (Å²) < 4.78 is 21.3. The molecule has 1 aromatic heterocycles. The third-order valence-corrected chi connectivity index (χ3v) is 3.96. The maximum absolute atomic E-state index is 13.5. The van der Waals surface area contributed by atoms with Crippen LogP contribution in [-0.4, -0.2) is 28.1 Å². The van der Waals surface area contributed by atoms with Crippen LogP contribution in [0.5, 0.6) is 0 Å². The molecule has 3 nitrogen and oxygen atoms in total. The topological polar surface area (TPSA) is 27.1 Å². The lowest BCUT2D eigenvalue weighted by molar-refractivity contribution is 0.00621. The average Bonchev–Trinajstić information content (AvgIpc) is 2.78. The van der Waals surface area contributed by atoms with Crippen LogP contribution >= 0.6 is 11.6 Å². The van der Waals surface area contributed by atoms with E-state index in [4.69, 9.17) is 16.3 Å². The summed E-state index contributed by atoms with van der Waals surface area (Å²) in [5.74, 6) is 1.19. The Balaban J connectivity index is 1.96. The second-order valence-electron chi connectivity index (χ2n) is 5.20. The number of fused-ring (bicyclic) bond motifs is 1. The number of hydrogen-bond acceptors (Lipinski definition) is 2. The van der Waals surface area contributed by atoms with Gasteiger partial charge in [-0.05, 0) is 37.5 Å². The van der Waals surface area contributed by atoms with E-state index in [0.29, 0.717) is 12.3 Å². The van der Waals surface area contributed by atoms with Gasteiger partial charge in [0.25, 0.3) is 0 Å². The Morgan fingerprint density at radius 2 is 2.30 bits per heavy atom. The zero-order valence-corrected chi connectivity index (χ0v) is 12.1. The number of aromatic nitrogens is 2. The van der Waals surface area contributed by atoms with E-state index in [1.54, 1.807) is 12.1 Å². The minimum Gasteiger partial charge on any atom is -0.376 e. The molecule has 0 radical (unpaired) electrons. The van der Waals surface area contributed by atoms with Crippen molar-refractivity contribution in [1.29, 1.82) is 0 Å². The Kier molecular flexibility index (Phi) is 4.22. The van der Waals surface area contributed by atoms with Crippen molar-refractivity contribution < 1.29 is 9.13 Å². The minimum absolute atomic E-state index is 0.193. The van der Waals surface area contributed by atoms with E-state index < -0.39 is 0 Å². The average molecular weight is 297 g/mol. The molecule has 0 N–H and O–H groups in total. The summed E-state index contributed by atoms with van der Waals surface area (Å²) in [5.41, 5.74) is 1.65. The molecule has 108 valence electrons. The van der Waals surface area contributed by atoms with Gasteiger partial charge in [-0.2, -0.15) is 0 Å². The number of imidazole rings is 1. The van der Waals surface area contributed by atoms with Gasteiger partial charge < -0.3 is 9.30 Å². The van der Waals surface area contributed by atoms with Crippen molar-refractivity contribution >= 4 is 22.6 Å². The molecule has 20 heavy (non-hydrogen) atoms. The maximum atomic E-state index is 13.5. The highest BCUT2D eigenvalue weighted by molar-refractivity contribution is 6.17. The summed E-state index contributed by atoms with van der Waals surface area (Å²) in [7, 11) is 0. The largest absolute Gasteiger partial charge is 0.376 e. The summed E-state index contributed by atoms with van der Waals surface area (Å²) >= 11 is 5.85. The zero-order valence-electron chi connectivity index (χ0n) is 11.3. The molecule has 0 aliphatic carbocycles. The molecule has 0 spiro atoms. The smallest absolute Gasteiger partial charge is 0.125 e. The van der Waals surface area contributed by atoms with E-state index in [1.807, 2.05) is 0 Å². The number of alkyl halides is 1. The van der Waals surface area contributed by atoms with E-state index in [1.165, 1.54) is 12.5 Å². The lowest BCUT2D eigenvalue weighted by Crippen LogP contribution is -2.25. The van der Waals surface area contributed by atoms with Gasteiger partial charge in [-0.3, -0.25) is 0 Å². The Hall–Kier alpha value is -1.13. The first-order valence-corrected chi connectivity index (χ1v) is 7.63. The van der Waals surface area contributed by atoms with Crippen LogP contribution in [0.2, 0.25) is 0 Å². The van der Waals surface area contributed by atoms with E-state index in [9.17, 15) is 4.39 Å². The fourth-order valence-corrected chi connectivity index (χ4v) is 2.95. The SMILES string of the molecule is Fc1ccc2nc(CCCl)n(CC3CCCCO3)c2c1. The van der Waals surface area contributed by atoms with Crippen LogP contribution in [0.4, 0.5) is 4.39 Å². The fraction of sp³-hybridized carbons (Fsp3) is 0.533. The molecule has 1 aliphatic rings. The number of ether oxygens (including phenoxy) is 1. The first-order valence-electron chi connectivity index (χ1n) is 7.10. The first kappa shape index (κ1) is 13.8. The Morgan fingerprint density at radius 3 is 3.05 bits per heavy atom. The predicted molar refractivity (Wildman–Crippen MR) is 77.7 cm³/mol.